The molecule has 4 rings (SSSR count). The lowest BCUT2D eigenvalue weighted by Gasteiger charge is -2.34. The topological polar surface area (TPSA) is 88.2 Å². The van der Waals surface area contributed by atoms with E-state index >= 15 is 0 Å². The summed E-state index contributed by atoms with van der Waals surface area (Å²) in [5.41, 5.74) is 2.02. The molecule has 2 aromatic rings. The Hall–Kier alpha value is -2.78. The molecule has 2 aliphatic rings. The van der Waals surface area contributed by atoms with Crippen LogP contribution in [0.15, 0.2) is 47.4 Å². The lowest BCUT2D eigenvalue weighted by Crippen LogP contribution is -2.53. The van der Waals surface area contributed by atoms with Gasteiger partial charge in [-0.05, 0) is 48.2 Å². The summed E-state index contributed by atoms with van der Waals surface area (Å²) < 4.78 is 38.6. The van der Waals surface area contributed by atoms with Gasteiger partial charge in [0, 0.05) is 26.2 Å². The first-order valence-corrected chi connectivity index (χ1v) is 12.7. The zero-order valence-corrected chi connectivity index (χ0v) is 20.1. The van der Waals surface area contributed by atoms with Crippen LogP contribution in [0.1, 0.15) is 43.9 Å². The van der Waals surface area contributed by atoms with E-state index in [1.807, 2.05) is 37.3 Å². The molecule has 1 saturated heterocycles. The molecule has 2 aromatic carbocycles. The number of hydrogen-bond acceptors (Lipinski definition) is 5. The normalized spacial score (nSPS) is 17.6. The highest BCUT2D eigenvalue weighted by Crippen LogP contribution is 2.32. The van der Waals surface area contributed by atoms with Gasteiger partial charge in [-0.2, -0.15) is 4.31 Å². The predicted octanol–water partition coefficient (Wildman–Crippen LogP) is 3.36. The number of rotatable bonds is 5. The summed E-state index contributed by atoms with van der Waals surface area (Å²) in [7, 11) is -3.58. The number of ether oxygens (including phenoxy) is 2. The first-order chi connectivity index (χ1) is 15.8. The Kier molecular flexibility index (Phi) is 6.81. The molecule has 1 unspecified atom stereocenters. The first kappa shape index (κ1) is 23.4. The molecule has 0 spiro atoms. The molecule has 8 nitrogen and oxygen atoms in total. The van der Waals surface area contributed by atoms with Gasteiger partial charge in [0.25, 0.3) is 0 Å². The predicted molar refractivity (Wildman–Crippen MR) is 125 cm³/mol. The minimum atomic E-state index is -3.58. The van der Waals surface area contributed by atoms with Gasteiger partial charge in [-0.1, -0.05) is 32.0 Å². The largest absolute Gasteiger partial charge is 0.486 e. The second-order valence-electron chi connectivity index (χ2n) is 8.69. The summed E-state index contributed by atoms with van der Waals surface area (Å²) in [6.45, 7) is 8.29. The summed E-state index contributed by atoms with van der Waals surface area (Å²) in [4.78, 5) is 14.7. The standard InChI is InChI=1S/C24H31N3O5S/c1-17(2)19-4-7-21(8-5-19)33(29,30)27-12-10-26(11-13-27)24(28)25-18(3)20-6-9-22-23(16-20)32-15-14-31-22/h4-9,16-18H,10-15H2,1-3H3,(H,25,28). The van der Waals surface area contributed by atoms with Crippen molar-refractivity contribution in [2.24, 2.45) is 0 Å². The second kappa shape index (κ2) is 9.61. The van der Waals surface area contributed by atoms with E-state index in [1.54, 1.807) is 17.0 Å². The summed E-state index contributed by atoms with van der Waals surface area (Å²) in [5, 5.41) is 3.00. The molecule has 0 bridgehead atoms. The number of carbonyl (C=O) groups excluding carboxylic acids is 1. The number of sulfonamides is 1. The van der Waals surface area contributed by atoms with Gasteiger partial charge in [0.05, 0.1) is 10.9 Å². The number of amides is 2. The molecule has 9 heteroatoms. The minimum absolute atomic E-state index is 0.212. The van der Waals surface area contributed by atoms with Crippen molar-refractivity contribution in [3.8, 4) is 11.5 Å². The lowest BCUT2D eigenvalue weighted by atomic mass is 10.0. The summed E-state index contributed by atoms with van der Waals surface area (Å²) in [6.07, 6.45) is 0. The van der Waals surface area contributed by atoms with Crippen LogP contribution in [-0.2, 0) is 10.0 Å². The molecule has 0 aromatic heterocycles. The molecule has 2 heterocycles. The fourth-order valence-corrected chi connectivity index (χ4v) is 5.42. The third kappa shape index (κ3) is 5.09. The van der Waals surface area contributed by atoms with Gasteiger partial charge < -0.3 is 19.7 Å². The van der Waals surface area contributed by atoms with Crippen molar-refractivity contribution in [3.63, 3.8) is 0 Å². The van der Waals surface area contributed by atoms with Crippen molar-refractivity contribution in [1.82, 2.24) is 14.5 Å². The molecule has 1 fully saturated rings. The Balaban J connectivity index is 1.34. The molecule has 0 radical (unpaired) electrons. The highest BCUT2D eigenvalue weighted by Gasteiger charge is 2.30. The highest BCUT2D eigenvalue weighted by molar-refractivity contribution is 7.89. The number of carbonyl (C=O) groups is 1. The Morgan fingerprint density at radius 3 is 2.12 bits per heavy atom. The van der Waals surface area contributed by atoms with Gasteiger partial charge in [0.15, 0.2) is 11.5 Å². The van der Waals surface area contributed by atoms with Crippen LogP contribution in [0.4, 0.5) is 4.79 Å². The monoisotopic (exact) mass is 473 g/mol. The minimum Gasteiger partial charge on any atom is -0.486 e. The van der Waals surface area contributed by atoms with Crippen LogP contribution in [0.5, 0.6) is 11.5 Å². The van der Waals surface area contributed by atoms with E-state index in [0.717, 1.165) is 11.1 Å². The van der Waals surface area contributed by atoms with Gasteiger partial charge in [-0.3, -0.25) is 0 Å². The average Bonchev–Trinajstić information content (AvgIpc) is 2.83. The fraction of sp³-hybridized carbons (Fsp3) is 0.458. The van der Waals surface area contributed by atoms with E-state index in [0.29, 0.717) is 43.7 Å². The van der Waals surface area contributed by atoms with Crippen LogP contribution in [0.2, 0.25) is 0 Å². The SMILES string of the molecule is CC(C)c1ccc(S(=O)(=O)N2CCN(C(=O)NC(C)c3ccc4c(c3)OCCO4)CC2)cc1. The number of hydrogen-bond donors (Lipinski definition) is 1. The molecule has 33 heavy (non-hydrogen) atoms. The number of fused-ring (bicyclic) bond motifs is 1. The maximum atomic E-state index is 13.0. The Labute approximate surface area is 195 Å². The maximum Gasteiger partial charge on any atom is 0.317 e. The van der Waals surface area contributed by atoms with E-state index in [9.17, 15) is 13.2 Å². The van der Waals surface area contributed by atoms with Crippen LogP contribution in [0, 0.1) is 0 Å². The summed E-state index contributed by atoms with van der Waals surface area (Å²) in [5.74, 6) is 1.73. The molecule has 1 atom stereocenters. The van der Waals surface area contributed by atoms with E-state index in [4.69, 9.17) is 9.47 Å². The molecule has 0 saturated carbocycles. The highest BCUT2D eigenvalue weighted by atomic mass is 32.2. The van der Waals surface area contributed by atoms with E-state index in [-0.39, 0.29) is 30.1 Å². The Morgan fingerprint density at radius 2 is 1.48 bits per heavy atom. The van der Waals surface area contributed by atoms with Gasteiger partial charge in [-0.25, -0.2) is 13.2 Å². The zero-order chi connectivity index (χ0) is 23.6. The molecule has 178 valence electrons. The quantitative estimate of drug-likeness (QED) is 0.720. The lowest BCUT2D eigenvalue weighted by molar-refractivity contribution is 0.168. The third-order valence-corrected chi connectivity index (χ3v) is 8.03. The number of piperazine rings is 1. The van der Waals surface area contributed by atoms with Gasteiger partial charge in [-0.15, -0.1) is 0 Å². The zero-order valence-electron chi connectivity index (χ0n) is 19.3. The fourth-order valence-electron chi connectivity index (χ4n) is 3.99. The molecule has 2 aliphatic heterocycles. The number of nitrogens with one attached hydrogen (secondary N) is 1. The van der Waals surface area contributed by atoms with E-state index < -0.39 is 10.0 Å². The molecule has 1 N–H and O–H groups in total. The number of nitrogens with zero attached hydrogens (tertiary/aromatic N) is 2. The molecular formula is C24H31N3O5S. The van der Waals surface area contributed by atoms with Crippen molar-refractivity contribution < 1.29 is 22.7 Å². The molecular weight excluding hydrogens is 442 g/mol. The smallest absolute Gasteiger partial charge is 0.317 e. The third-order valence-electron chi connectivity index (χ3n) is 6.12. The van der Waals surface area contributed by atoms with Crippen LogP contribution in [-0.4, -0.2) is 63.0 Å². The summed E-state index contributed by atoms with van der Waals surface area (Å²) >= 11 is 0. The molecule has 0 aliphatic carbocycles. The van der Waals surface area contributed by atoms with Gasteiger partial charge >= 0.3 is 6.03 Å². The number of benzene rings is 2. The van der Waals surface area contributed by atoms with Crippen LogP contribution < -0.4 is 14.8 Å². The molecule has 2 amide bonds. The Morgan fingerprint density at radius 1 is 0.879 bits per heavy atom. The van der Waals surface area contributed by atoms with Crippen molar-refractivity contribution in [3.05, 3.63) is 53.6 Å². The van der Waals surface area contributed by atoms with Gasteiger partial charge in [0.2, 0.25) is 10.0 Å². The van der Waals surface area contributed by atoms with Crippen molar-refractivity contribution in [2.75, 3.05) is 39.4 Å². The first-order valence-electron chi connectivity index (χ1n) is 11.3. The van der Waals surface area contributed by atoms with E-state index in [1.165, 1.54) is 4.31 Å². The van der Waals surface area contributed by atoms with Crippen LogP contribution in [0.3, 0.4) is 0 Å². The van der Waals surface area contributed by atoms with Gasteiger partial charge in [0.1, 0.15) is 13.2 Å². The van der Waals surface area contributed by atoms with Crippen LogP contribution >= 0.6 is 0 Å². The average molecular weight is 474 g/mol. The van der Waals surface area contributed by atoms with Crippen LogP contribution in [0.25, 0.3) is 0 Å². The second-order valence-corrected chi connectivity index (χ2v) is 10.6. The van der Waals surface area contributed by atoms with Crippen molar-refractivity contribution >= 4 is 16.1 Å². The van der Waals surface area contributed by atoms with Crippen molar-refractivity contribution in [2.45, 2.75) is 37.6 Å². The maximum absolute atomic E-state index is 13.0. The Bertz CT molecular complexity index is 1090. The van der Waals surface area contributed by atoms with Crippen molar-refractivity contribution in [1.29, 1.82) is 0 Å². The summed E-state index contributed by atoms with van der Waals surface area (Å²) in [6, 6.07) is 12.3. The number of urea groups is 1. The van der Waals surface area contributed by atoms with E-state index in [2.05, 4.69) is 19.2 Å².